The number of hydrogen-bond donors (Lipinski definition) is 2. The van der Waals surface area contributed by atoms with Crippen LogP contribution in [0.4, 0.5) is 5.69 Å². The topological polar surface area (TPSA) is 41.5 Å². The number of benzene rings is 1. The Morgan fingerprint density at radius 3 is 2.88 bits per heavy atom. The Hall–Kier alpha value is -1.22. The third kappa shape index (κ3) is 1.65. The van der Waals surface area contributed by atoms with Gasteiger partial charge in [-0.15, -0.1) is 0 Å². The lowest BCUT2D eigenvalue weighted by atomic mass is 9.93. The van der Waals surface area contributed by atoms with Crippen molar-refractivity contribution >= 4 is 5.69 Å². The molecule has 3 nitrogen and oxygen atoms in total. The standard InChI is InChI=1S/C13H17NO2/c1-16-9-4-5-11-10(6-9)13(15)7-12(14-11)8-2-3-8/h4-6,8,12-15H,2-3,7H2,1H3. The lowest BCUT2D eigenvalue weighted by Crippen LogP contribution is -2.29. The van der Waals surface area contributed by atoms with E-state index in [0.29, 0.717) is 6.04 Å². The molecule has 1 aliphatic heterocycles. The van der Waals surface area contributed by atoms with E-state index in [1.54, 1.807) is 7.11 Å². The van der Waals surface area contributed by atoms with Gasteiger partial charge in [0.25, 0.3) is 0 Å². The second kappa shape index (κ2) is 3.67. The van der Waals surface area contributed by atoms with Crippen LogP contribution in [0.15, 0.2) is 18.2 Å². The van der Waals surface area contributed by atoms with Gasteiger partial charge in [0.2, 0.25) is 0 Å². The molecule has 0 amide bonds. The van der Waals surface area contributed by atoms with Crippen LogP contribution in [-0.2, 0) is 0 Å². The quantitative estimate of drug-likeness (QED) is 0.802. The molecule has 1 saturated carbocycles. The molecule has 1 fully saturated rings. The average molecular weight is 219 g/mol. The molecule has 0 aromatic heterocycles. The second-order valence-electron chi connectivity index (χ2n) is 4.79. The zero-order valence-corrected chi connectivity index (χ0v) is 9.44. The lowest BCUT2D eigenvalue weighted by molar-refractivity contribution is 0.152. The molecule has 2 aliphatic rings. The minimum absolute atomic E-state index is 0.350. The molecule has 86 valence electrons. The highest BCUT2D eigenvalue weighted by molar-refractivity contribution is 5.58. The predicted molar refractivity (Wildman–Crippen MR) is 62.7 cm³/mol. The first-order valence-corrected chi connectivity index (χ1v) is 5.90. The van der Waals surface area contributed by atoms with Gasteiger partial charge < -0.3 is 15.2 Å². The van der Waals surface area contributed by atoms with E-state index in [9.17, 15) is 5.11 Å². The Morgan fingerprint density at radius 2 is 2.19 bits per heavy atom. The van der Waals surface area contributed by atoms with Gasteiger partial charge in [-0.05, 0) is 43.4 Å². The van der Waals surface area contributed by atoms with Gasteiger partial charge >= 0.3 is 0 Å². The molecule has 0 spiro atoms. The normalized spacial score (nSPS) is 28.1. The fourth-order valence-corrected chi connectivity index (χ4v) is 2.51. The third-order valence-electron chi connectivity index (χ3n) is 3.63. The van der Waals surface area contributed by atoms with Gasteiger partial charge in [0, 0.05) is 17.3 Å². The summed E-state index contributed by atoms with van der Waals surface area (Å²) < 4.78 is 5.18. The number of aliphatic hydroxyl groups is 1. The van der Waals surface area contributed by atoms with E-state index in [-0.39, 0.29) is 6.10 Å². The Kier molecular flexibility index (Phi) is 2.28. The van der Waals surface area contributed by atoms with Crippen molar-refractivity contribution in [1.29, 1.82) is 0 Å². The van der Waals surface area contributed by atoms with Crippen LogP contribution in [0.1, 0.15) is 30.9 Å². The highest BCUT2D eigenvalue weighted by atomic mass is 16.5. The molecule has 0 radical (unpaired) electrons. The summed E-state index contributed by atoms with van der Waals surface area (Å²) in [4.78, 5) is 0. The monoisotopic (exact) mass is 219 g/mol. The van der Waals surface area contributed by atoms with E-state index in [0.717, 1.165) is 29.3 Å². The van der Waals surface area contributed by atoms with Crippen molar-refractivity contribution in [1.82, 2.24) is 0 Å². The maximum Gasteiger partial charge on any atom is 0.119 e. The molecule has 16 heavy (non-hydrogen) atoms. The van der Waals surface area contributed by atoms with Gasteiger partial charge in [-0.3, -0.25) is 0 Å². The molecule has 1 aromatic carbocycles. The Balaban J connectivity index is 1.90. The van der Waals surface area contributed by atoms with Gasteiger partial charge in [-0.1, -0.05) is 0 Å². The highest BCUT2D eigenvalue weighted by Crippen LogP contribution is 2.43. The lowest BCUT2D eigenvalue weighted by Gasteiger charge is -2.31. The summed E-state index contributed by atoms with van der Waals surface area (Å²) in [6.45, 7) is 0. The Morgan fingerprint density at radius 1 is 1.38 bits per heavy atom. The van der Waals surface area contributed by atoms with Gasteiger partial charge in [0.15, 0.2) is 0 Å². The zero-order chi connectivity index (χ0) is 11.1. The van der Waals surface area contributed by atoms with Crippen LogP contribution in [0, 0.1) is 5.92 Å². The molecule has 2 atom stereocenters. The van der Waals surface area contributed by atoms with Crippen LogP contribution in [0.25, 0.3) is 0 Å². The maximum absolute atomic E-state index is 10.1. The summed E-state index contributed by atoms with van der Waals surface area (Å²) in [6, 6.07) is 6.33. The number of anilines is 1. The van der Waals surface area contributed by atoms with Crippen molar-refractivity contribution in [2.45, 2.75) is 31.4 Å². The maximum atomic E-state index is 10.1. The summed E-state index contributed by atoms with van der Waals surface area (Å²) in [5, 5.41) is 13.7. The zero-order valence-electron chi connectivity index (χ0n) is 9.44. The van der Waals surface area contributed by atoms with Gasteiger partial charge in [-0.25, -0.2) is 0 Å². The van der Waals surface area contributed by atoms with Gasteiger partial charge in [-0.2, -0.15) is 0 Å². The molecular formula is C13H17NO2. The fraction of sp³-hybridized carbons (Fsp3) is 0.538. The van der Waals surface area contributed by atoms with E-state index in [4.69, 9.17) is 4.74 Å². The molecule has 2 N–H and O–H groups in total. The fourth-order valence-electron chi connectivity index (χ4n) is 2.51. The number of methoxy groups -OCH3 is 1. The number of ether oxygens (including phenoxy) is 1. The predicted octanol–water partition coefficient (Wildman–Crippen LogP) is 2.32. The molecule has 3 heteroatoms. The summed E-state index contributed by atoms with van der Waals surface area (Å²) >= 11 is 0. The van der Waals surface area contributed by atoms with Crippen LogP contribution in [0.5, 0.6) is 5.75 Å². The van der Waals surface area contributed by atoms with E-state index < -0.39 is 0 Å². The first kappa shape index (κ1) is 9.97. The van der Waals surface area contributed by atoms with E-state index >= 15 is 0 Å². The van der Waals surface area contributed by atoms with E-state index in [2.05, 4.69) is 5.32 Å². The van der Waals surface area contributed by atoms with Gasteiger partial charge in [0.1, 0.15) is 5.75 Å². The van der Waals surface area contributed by atoms with Crippen LogP contribution in [-0.4, -0.2) is 18.3 Å². The van der Waals surface area contributed by atoms with Crippen LogP contribution in [0.2, 0.25) is 0 Å². The molecular weight excluding hydrogens is 202 g/mol. The van der Waals surface area contributed by atoms with E-state index in [1.807, 2.05) is 18.2 Å². The van der Waals surface area contributed by atoms with Crippen molar-refractivity contribution in [2.24, 2.45) is 5.92 Å². The molecule has 3 rings (SSSR count). The van der Waals surface area contributed by atoms with Crippen molar-refractivity contribution in [3.05, 3.63) is 23.8 Å². The summed E-state index contributed by atoms with van der Waals surface area (Å²) in [5.74, 6) is 1.58. The summed E-state index contributed by atoms with van der Waals surface area (Å²) in [6.07, 6.45) is 3.08. The number of nitrogens with one attached hydrogen (secondary N) is 1. The average Bonchev–Trinajstić information content (AvgIpc) is 3.12. The van der Waals surface area contributed by atoms with Crippen LogP contribution in [0.3, 0.4) is 0 Å². The van der Waals surface area contributed by atoms with Crippen molar-refractivity contribution < 1.29 is 9.84 Å². The van der Waals surface area contributed by atoms with Gasteiger partial charge in [0.05, 0.1) is 13.2 Å². The van der Waals surface area contributed by atoms with Crippen LogP contribution < -0.4 is 10.1 Å². The summed E-state index contributed by atoms with van der Waals surface area (Å²) in [7, 11) is 1.65. The number of aliphatic hydroxyl groups excluding tert-OH is 1. The minimum Gasteiger partial charge on any atom is -0.497 e. The van der Waals surface area contributed by atoms with Crippen molar-refractivity contribution in [2.75, 3.05) is 12.4 Å². The number of hydrogen-bond acceptors (Lipinski definition) is 3. The SMILES string of the molecule is COc1ccc2c(c1)C(O)CC(C1CC1)N2. The first-order chi connectivity index (χ1) is 7.78. The molecule has 2 unspecified atom stereocenters. The second-order valence-corrected chi connectivity index (χ2v) is 4.79. The molecule has 0 bridgehead atoms. The molecule has 0 saturated heterocycles. The van der Waals surface area contributed by atoms with Crippen molar-refractivity contribution in [3.63, 3.8) is 0 Å². The molecule has 1 aromatic rings. The molecule has 1 aliphatic carbocycles. The van der Waals surface area contributed by atoms with E-state index in [1.165, 1.54) is 12.8 Å². The Bertz CT molecular complexity index is 401. The highest BCUT2D eigenvalue weighted by Gasteiger charge is 2.36. The number of rotatable bonds is 2. The first-order valence-electron chi connectivity index (χ1n) is 5.90. The third-order valence-corrected chi connectivity index (χ3v) is 3.63. The summed E-state index contributed by atoms with van der Waals surface area (Å²) in [5.41, 5.74) is 2.03. The smallest absolute Gasteiger partial charge is 0.119 e. The number of fused-ring (bicyclic) bond motifs is 1. The molecule has 1 heterocycles. The van der Waals surface area contributed by atoms with Crippen molar-refractivity contribution in [3.8, 4) is 5.75 Å². The van der Waals surface area contributed by atoms with Crippen LogP contribution >= 0.6 is 0 Å². The largest absolute Gasteiger partial charge is 0.497 e. The minimum atomic E-state index is -0.350. The Labute approximate surface area is 95.4 Å².